The van der Waals surface area contributed by atoms with E-state index in [2.05, 4.69) is 9.97 Å². The molecular weight excluding hydrogens is 294 g/mol. The Labute approximate surface area is 121 Å². The van der Waals surface area contributed by atoms with Crippen LogP contribution >= 0.6 is 0 Å². The Morgan fingerprint density at radius 3 is 2.29 bits per heavy atom. The van der Waals surface area contributed by atoms with E-state index in [1.165, 1.54) is 29.6 Å². The van der Waals surface area contributed by atoms with Gasteiger partial charge in [0.1, 0.15) is 0 Å². The molecule has 114 valence electrons. The zero-order valence-corrected chi connectivity index (χ0v) is 12.8. The highest BCUT2D eigenvalue weighted by Crippen LogP contribution is 2.20. The Hall–Kier alpha value is -1.93. The maximum absolute atomic E-state index is 12.5. The third-order valence-electron chi connectivity index (χ3n) is 3.58. The van der Waals surface area contributed by atoms with Gasteiger partial charge < -0.3 is 9.97 Å². The lowest BCUT2D eigenvalue weighted by atomic mass is 10.3. The Morgan fingerprint density at radius 2 is 1.71 bits per heavy atom. The largest absolute Gasteiger partial charge is 0.316 e. The minimum absolute atomic E-state index is 0.0699. The topological polar surface area (TPSA) is 103 Å². The highest BCUT2D eigenvalue weighted by molar-refractivity contribution is 7.89. The van der Waals surface area contributed by atoms with Gasteiger partial charge in [0.25, 0.3) is 0 Å². The lowest BCUT2D eigenvalue weighted by Gasteiger charge is -2.23. The van der Waals surface area contributed by atoms with E-state index >= 15 is 0 Å². The number of sulfonamides is 1. The molecule has 1 atom stereocenters. The second-order valence-corrected chi connectivity index (χ2v) is 6.89. The molecule has 0 fully saturated rings. The summed E-state index contributed by atoms with van der Waals surface area (Å²) in [6.45, 7) is 3.72. The smallest absolute Gasteiger partial charge is 0.314 e. The molecule has 2 rings (SSSR count). The molecule has 0 saturated carbocycles. The molecule has 2 aromatic rings. The summed E-state index contributed by atoms with van der Waals surface area (Å²) >= 11 is 0. The minimum Gasteiger partial charge on any atom is -0.316 e. The molecular formula is C13H17N3O4S. The van der Waals surface area contributed by atoms with E-state index in [0.29, 0.717) is 11.9 Å². The Bertz CT molecular complexity index is 882. The van der Waals surface area contributed by atoms with Gasteiger partial charge in [0.15, 0.2) is 0 Å². The van der Waals surface area contributed by atoms with Gasteiger partial charge in [-0.1, -0.05) is 6.92 Å². The van der Waals surface area contributed by atoms with Gasteiger partial charge in [-0.3, -0.25) is 9.59 Å². The molecule has 0 aliphatic carbocycles. The van der Waals surface area contributed by atoms with E-state index in [0.717, 1.165) is 0 Å². The lowest BCUT2D eigenvalue weighted by Crippen LogP contribution is -2.34. The van der Waals surface area contributed by atoms with Gasteiger partial charge >= 0.3 is 11.1 Å². The minimum atomic E-state index is -3.65. The number of hydrogen-bond acceptors (Lipinski definition) is 4. The standard InChI is InChI=1S/C13H17N3O4S/c1-4-8(2)16(3)21(19,20)9-5-6-10-11(7-9)15-13(18)12(17)14-10/h5-8H,4H2,1-3H3,(H,14,17)(H,15,18)/t8-/m0/s1. The lowest BCUT2D eigenvalue weighted by molar-refractivity contribution is 0.380. The summed E-state index contributed by atoms with van der Waals surface area (Å²) in [4.78, 5) is 27.4. The number of nitrogens with one attached hydrogen (secondary N) is 2. The first-order valence-electron chi connectivity index (χ1n) is 6.51. The Balaban J connectivity index is 2.60. The molecule has 8 heteroatoms. The second-order valence-electron chi connectivity index (χ2n) is 4.89. The summed E-state index contributed by atoms with van der Waals surface area (Å²) in [5.41, 5.74) is -0.926. The van der Waals surface area contributed by atoms with E-state index in [9.17, 15) is 18.0 Å². The molecule has 0 aliphatic heterocycles. The van der Waals surface area contributed by atoms with E-state index < -0.39 is 21.1 Å². The molecule has 0 unspecified atom stereocenters. The highest BCUT2D eigenvalue weighted by atomic mass is 32.2. The summed E-state index contributed by atoms with van der Waals surface area (Å²) in [5, 5.41) is 0. The predicted octanol–water partition coefficient (Wildman–Crippen LogP) is 0.635. The molecule has 2 N–H and O–H groups in total. The van der Waals surface area contributed by atoms with Gasteiger partial charge in [-0.2, -0.15) is 4.31 Å². The summed E-state index contributed by atoms with van der Waals surface area (Å²) in [6.07, 6.45) is 0.688. The van der Waals surface area contributed by atoms with Crippen LogP contribution in [0.25, 0.3) is 11.0 Å². The molecule has 0 radical (unpaired) electrons. The third-order valence-corrected chi connectivity index (χ3v) is 5.55. The normalized spacial score (nSPS) is 13.7. The van der Waals surface area contributed by atoms with Crippen molar-refractivity contribution in [3.63, 3.8) is 0 Å². The number of aromatic nitrogens is 2. The van der Waals surface area contributed by atoms with Crippen molar-refractivity contribution >= 4 is 21.1 Å². The average molecular weight is 311 g/mol. The number of rotatable bonds is 4. The molecule has 7 nitrogen and oxygen atoms in total. The second kappa shape index (κ2) is 5.45. The molecule has 0 amide bonds. The summed E-state index contributed by atoms with van der Waals surface area (Å²) in [5.74, 6) is 0. The van der Waals surface area contributed by atoms with E-state index in [1.54, 1.807) is 0 Å². The first-order valence-corrected chi connectivity index (χ1v) is 7.95. The molecule has 0 bridgehead atoms. The number of benzene rings is 1. The third kappa shape index (κ3) is 2.77. The number of nitrogens with zero attached hydrogens (tertiary/aromatic N) is 1. The maximum atomic E-state index is 12.5. The van der Waals surface area contributed by atoms with Crippen molar-refractivity contribution in [2.24, 2.45) is 0 Å². The van der Waals surface area contributed by atoms with Crippen LogP contribution in [0.3, 0.4) is 0 Å². The van der Waals surface area contributed by atoms with Crippen molar-refractivity contribution in [1.82, 2.24) is 14.3 Å². The van der Waals surface area contributed by atoms with Gasteiger partial charge in [-0.15, -0.1) is 0 Å². The van der Waals surface area contributed by atoms with Crippen LogP contribution in [0.2, 0.25) is 0 Å². The van der Waals surface area contributed by atoms with Crippen LogP contribution in [0.1, 0.15) is 20.3 Å². The van der Waals surface area contributed by atoms with E-state index in [4.69, 9.17) is 0 Å². The fraction of sp³-hybridized carbons (Fsp3) is 0.385. The zero-order valence-electron chi connectivity index (χ0n) is 12.0. The van der Waals surface area contributed by atoms with Crippen molar-refractivity contribution < 1.29 is 8.42 Å². The van der Waals surface area contributed by atoms with E-state index in [-0.39, 0.29) is 16.5 Å². The fourth-order valence-corrected chi connectivity index (χ4v) is 3.38. The molecule has 1 aromatic carbocycles. The summed E-state index contributed by atoms with van der Waals surface area (Å²) in [7, 11) is -2.13. The van der Waals surface area contributed by atoms with Crippen molar-refractivity contribution in [2.75, 3.05) is 7.05 Å². The molecule has 21 heavy (non-hydrogen) atoms. The van der Waals surface area contributed by atoms with Crippen LogP contribution in [-0.4, -0.2) is 35.8 Å². The van der Waals surface area contributed by atoms with Gasteiger partial charge in [0, 0.05) is 13.1 Å². The maximum Gasteiger partial charge on any atom is 0.314 e. The number of aromatic amines is 2. The van der Waals surface area contributed by atoms with Crippen LogP contribution in [-0.2, 0) is 10.0 Å². The quantitative estimate of drug-likeness (QED) is 0.808. The summed E-state index contributed by atoms with van der Waals surface area (Å²) < 4.78 is 26.3. The van der Waals surface area contributed by atoms with Gasteiger partial charge in [0.05, 0.1) is 15.9 Å². The molecule has 0 saturated heterocycles. The number of fused-ring (bicyclic) bond motifs is 1. The molecule has 0 aliphatic rings. The van der Waals surface area contributed by atoms with Crippen molar-refractivity contribution in [3.05, 3.63) is 38.9 Å². The molecule has 1 heterocycles. The van der Waals surface area contributed by atoms with Crippen molar-refractivity contribution in [1.29, 1.82) is 0 Å². The van der Waals surface area contributed by atoms with Gasteiger partial charge in [-0.05, 0) is 31.5 Å². The van der Waals surface area contributed by atoms with Gasteiger partial charge in [0.2, 0.25) is 10.0 Å². The van der Waals surface area contributed by atoms with Crippen molar-refractivity contribution in [3.8, 4) is 0 Å². The van der Waals surface area contributed by atoms with Crippen LogP contribution in [0.4, 0.5) is 0 Å². The zero-order chi connectivity index (χ0) is 15.8. The molecule has 1 aromatic heterocycles. The highest BCUT2D eigenvalue weighted by Gasteiger charge is 2.24. The Morgan fingerprint density at radius 1 is 1.14 bits per heavy atom. The fourth-order valence-electron chi connectivity index (χ4n) is 1.91. The van der Waals surface area contributed by atoms with Crippen molar-refractivity contribution in [2.45, 2.75) is 31.2 Å². The van der Waals surface area contributed by atoms with Crippen LogP contribution in [0.15, 0.2) is 32.7 Å². The van der Waals surface area contributed by atoms with E-state index in [1.807, 2.05) is 13.8 Å². The van der Waals surface area contributed by atoms with Gasteiger partial charge in [-0.25, -0.2) is 8.42 Å². The number of H-pyrrole nitrogens is 2. The molecule has 0 spiro atoms. The monoisotopic (exact) mass is 311 g/mol. The Kier molecular flexibility index (Phi) is 4.02. The van der Waals surface area contributed by atoms with Crippen LogP contribution in [0.5, 0.6) is 0 Å². The van der Waals surface area contributed by atoms with Crippen LogP contribution in [0, 0.1) is 0 Å². The first kappa shape index (κ1) is 15.5. The number of hydrogen-bond donors (Lipinski definition) is 2. The first-order chi connectivity index (χ1) is 9.77. The summed E-state index contributed by atoms with van der Waals surface area (Å²) in [6, 6.07) is 4.08. The SMILES string of the molecule is CC[C@H](C)N(C)S(=O)(=O)c1ccc2[nH]c(=O)c(=O)[nH]c2c1. The van der Waals surface area contributed by atoms with Crippen LogP contribution < -0.4 is 11.1 Å². The average Bonchev–Trinajstić information content (AvgIpc) is 2.46. The predicted molar refractivity (Wildman–Crippen MR) is 79.9 cm³/mol.